The lowest BCUT2D eigenvalue weighted by Gasteiger charge is -2.10. The molecule has 2 heterocycles. The molecule has 4 rings (SSSR count). The largest absolute Gasteiger partial charge is 0.383 e. The van der Waals surface area contributed by atoms with E-state index in [-0.39, 0.29) is 0 Å². The number of hydrogen-bond acceptors (Lipinski definition) is 6. The molecule has 2 aromatic heterocycles. The van der Waals surface area contributed by atoms with Crippen LogP contribution in [0.5, 0.6) is 0 Å². The first-order valence-corrected chi connectivity index (χ1v) is 12.8. The third-order valence-corrected chi connectivity index (χ3v) is 6.08. The molecule has 2 aromatic carbocycles. The number of anilines is 1. The number of primary amides is 1. The van der Waals surface area contributed by atoms with E-state index >= 15 is 0 Å². The molecule has 4 aromatic rings. The first-order chi connectivity index (χ1) is 16.0. The van der Waals surface area contributed by atoms with Gasteiger partial charge in [0.05, 0.1) is 16.8 Å². The normalized spacial score (nSPS) is 12.2. The van der Waals surface area contributed by atoms with Crippen LogP contribution >= 0.6 is 0 Å². The SMILES string of the molecule is CC(=Cc1ccc(-c2c(-c3ccc(N=S(C)(C)=O)cc3)c3c(N)ncnc3n2C)cc1)C(N)=O. The van der Waals surface area contributed by atoms with E-state index in [1.165, 1.54) is 6.33 Å². The predicted molar refractivity (Wildman–Crippen MR) is 139 cm³/mol. The summed E-state index contributed by atoms with van der Waals surface area (Å²) in [6.45, 7) is 1.69. The number of amides is 1. The number of rotatable bonds is 5. The zero-order valence-electron chi connectivity index (χ0n) is 19.4. The number of benzene rings is 2. The topological polar surface area (TPSA) is 129 Å². The Hall–Kier alpha value is -3.98. The first kappa shape index (κ1) is 23.2. The van der Waals surface area contributed by atoms with E-state index in [0.29, 0.717) is 22.7 Å². The van der Waals surface area contributed by atoms with E-state index in [4.69, 9.17) is 11.5 Å². The van der Waals surface area contributed by atoms with Gasteiger partial charge in [-0.15, -0.1) is 0 Å². The minimum absolute atomic E-state index is 0.386. The number of aryl methyl sites for hydroxylation is 1. The number of fused-ring (bicyclic) bond motifs is 1. The fourth-order valence-electron chi connectivity index (χ4n) is 3.90. The zero-order valence-corrected chi connectivity index (χ0v) is 20.3. The third kappa shape index (κ3) is 4.55. The number of aromatic nitrogens is 3. The maximum Gasteiger partial charge on any atom is 0.244 e. The lowest BCUT2D eigenvalue weighted by Crippen LogP contribution is -2.11. The summed E-state index contributed by atoms with van der Waals surface area (Å²) in [4.78, 5) is 20.1. The Labute approximate surface area is 198 Å². The third-order valence-electron chi connectivity index (χ3n) is 5.43. The first-order valence-electron chi connectivity index (χ1n) is 10.5. The zero-order chi connectivity index (χ0) is 24.6. The molecule has 0 fully saturated rings. The van der Waals surface area contributed by atoms with Crippen LogP contribution < -0.4 is 11.5 Å². The minimum Gasteiger partial charge on any atom is -0.383 e. The Balaban J connectivity index is 1.92. The van der Waals surface area contributed by atoms with Gasteiger partial charge in [0, 0.05) is 40.4 Å². The molecule has 0 spiro atoms. The molecule has 1 amide bonds. The van der Waals surface area contributed by atoms with Crippen molar-refractivity contribution >= 4 is 44.3 Å². The number of nitrogen functional groups attached to an aromatic ring is 1. The number of carbonyl (C=O) groups excluding carboxylic acids is 1. The average Bonchev–Trinajstić information content (AvgIpc) is 3.07. The molecule has 0 bridgehead atoms. The van der Waals surface area contributed by atoms with Gasteiger partial charge in [0.1, 0.15) is 17.8 Å². The van der Waals surface area contributed by atoms with Crippen molar-refractivity contribution in [2.75, 3.05) is 18.2 Å². The molecule has 8 nitrogen and oxygen atoms in total. The van der Waals surface area contributed by atoms with Gasteiger partial charge >= 0.3 is 0 Å². The molecule has 0 radical (unpaired) electrons. The number of hydrogen-bond donors (Lipinski definition) is 2. The van der Waals surface area contributed by atoms with Crippen LogP contribution in [0.1, 0.15) is 12.5 Å². The van der Waals surface area contributed by atoms with E-state index in [2.05, 4.69) is 14.3 Å². The average molecular weight is 475 g/mol. The van der Waals surface area contributed by atoms with Crippen molar-refractivity contribution in [2.45, 2.75) is 6.92 Å². The van der Waals surface area contributed by atoms with Crippen LogP contribution in [0.15, 0.2) is 64.8 Å². The molecule has 9 heteroatoms. The summed E-state index contributed by atoms with van der Waals surface area (Å²) in [6.07, 6.45) is 6.41. The highest BCUT2D eigenvalue weighted by Crippen LogP contribution is 2.42. The molecule has 174 valence electrons. The second kappa shape index (κ2) is 8.75. The Bertz CT molecular complexity index is 1550. The van der Waals surface area contributed by atoms with Gasteiger partial charge in [0.2, 0.25) is 5.91 Å². The summed E-state index contributed by atoms with van der Waals surface area (Å²) in [5.74, 6) is -0.0661. The lowest BCUT2D eigenvalue weighted by molar-refractivity contribution is -0.114. The highest BCUT2D eigenvalue weighted by molar-refractivity contribution is 7.92. The van der Waals surface area contributed by atoms with Crippen LogP contribution in [-0.2, 0) is 21.6 Å². The number of nitrogens with zero attached hydrogens (tertiary/aromatic N) is 4. The fraction of sp³-hybridized carbons (Fsp3) is 0.160. The quantitative estimate of drug-likeness (QED) is 0.420. The summed E-state index contributed by atoms with van der Waals surface area (Å²) in [7, 11) is -0.328. The van der Waals surface area contributed by atoms with Crippen molar-refractivity contribution in [2.24, 2.45) is 17.1 Å². The van der Waals surface area contributed by atoms with E-state index in [0.717, 1.165) is 33.3 Å². The summed E-state index contributed by atoms with van der Waals surface area (Å²) < 4.78 is 18.3. The molecule has 0 saturated heterocycles. The van der Waals surface area contributed by atoms with Crippen LogP contribution in [0.25, 0.3) is 39.5 Å². The highest BCUT2D eigenvalue weighted by atomic mass is 32.2. The van der Waals surface area contributed by atoms with Gasteiger partial charge < -0.3 is 16.0 Å². The molecular formula is C25H26N6O2S. The summed E-state index contributed by atoms with van der Waals surface area (Å²) >= 11 is 0. The Morgan fingerprint density at radius 3 is 2.24 bits per heavy atom. The van der Waals surface area contributed by atoms with E-state index in [1.54, 1.807) is 25.5 Å². The molecular weight excluding hydrogens is 448 g/mol. The maximum atomic E-state index is 12.1. The van der Waals surface area contributed by atoms with Crippen LogP contribution in [0.3, 0.4) is 0 Å². The van der Waals surface area contributed by atoms with Crippen molar-refractivity contribution in [1.82, 2.24) is 14.5 Å². The molecule has 34 heavy (non-hydrogen) atoms. The predicted octanol–water partition coefficient (Wildman–Crippen LogP) is 4.13. The molecule has 0 aliphatic heterocycles. The second-order valence-corrected chi connectivity index (χ2v) is 10.9. The summed E-state index contributed by atoms with van der Waals surface area (Å²) in [5, 5.41) is 0.757. The van der Waals surface area contributed by atoms with Crippen molar-refractivity contribution in [3.05, 3.63) is 66.0 Å². The maximum absolute atomic E-state index is 12.1. The molecule has 0 aliphatic carbocycles. The smallest absolute Gasteiger partial charge is 0.244 e. The van der Waals surface area contributed by atoms with E-state index in [1.807, 2.05) is 60.1 Å². The molecule has 0 aliphatic rings. The Morgan fingerprint density at radius 2 is 1.65 bits per heavy atom. The van der Waals surface area contributed by atoms with Crippen molar-refractivity contribution in [3.63, 3.8) is 0 Å². The van der Waals surface area contributed by atoms with E-state index < -0.39 is 15.6 Å². The molecule has 0 saturated carbocycles. The van der Waals surface area contributed by atoms with Crippen LogP contribution in [-0.4, -0.2) is 37.2 Å². The molecule has 0 unspecified atom stereocenters. The Kier molecular flexibility index (Phi) is 5.97. The Morgan fingerprint density at radius 1 is 1.03 bits per heavy atom. The van der Waals surface area contributed by atoms with Crippen LogP contribution in [0, 0.1) is 0 Å². The van der Waals surface area contributed by atoms with Crippen LogP contribution in [0.2, 0.25) is 0 Å². The standard InChI is InChI=1S/C25H26N6O2S/c1-15(24(27)32)13-16-5-7-18(8-6-16)22-20(21-23(26)28-14-29-25(21)31(22)2)17-9-11-19(12-10-17)30-34(3,4)33/h5-14H,1-4H3,(H2,27,32)(H2,26,28,29). The summed E-state index contributed by atoms with van der Waals surface area (Å²) in [6, 6.07) is 15.4. The van der Waals surface area contributed by atoms with Gasteiger partial charge in [-0.1, -0.05) is 36.4 Å². The van der Waals surface area contributed by atoms with Gasteiger partial charge in [0.25, 0.3) is 0 Å². The second-order valence-electron chi connectivity index (χ2n) is 8.37. The fourth-order valence-corrected chi connectivity index (χ4v) is 4.53. The van der Waals surface area contributed by atoms with Gasteiger partial charge in [0.15, 0.2) is 0 Å². The van der Waals surface area contributed by atoms with Crippen molar-refractivity contribution < 1.29 is 9.00 Å². The van der Waals surface area contributed by atoms with Gasteiger partial charge in [-0.25, -0.2) is 14.2 Å². The molecule has 4 N–H and O–H groups in total. The van der Waals surface area contributed by atoms with Crippen molar-refractivity contribution in [1.29, 1.82) is 0 Å². The van der Waals surface area contributed by atoms with Crippen LogP contribution in [0.4, 0.5) is 11.5 Å². The minimum atomic E-state index is -2.26. The lowest BCUT2D eigenvalue weighted by atomic mass is 9.98. The van der Waals surface area contributed by atoms with Gasteiger partial charge in [-0.3, -0.25) is 4.79 Å². The monoisotopic (exact) mass is 474 g/mol. The number of nitrogens with two attached hydrogens (primary N) is 2. The number of carbonyl (C=O) groups is 1. The summed E-state index contributed by atoms with van der Waals surface area (Å²) in [5.41, 5.74) is 18.0. The van der Waals surface area contributed by atoms with Crippen molar-refractivity contribution in [3.8, 4) is 22.4 Å². The van der Waals surface area contributed by atoms with Gasteiger partial charge in [-0.2, -0.15) is 4.36 Å². The highest BCUT2D eigenvalue weighted by Gasteiger charge is 2.21. The molecule has 0 atom stereocenters. The van der Waals surface area contributed by atoms with Gasteiger partial charge in [-0.05, 0) is 41.8 Å². The van der Waals surface area contributed by atoms with E-state index in [9.17, 15) is 9.00 Å².